The fraction of sp³-hybridized carbons (Fsp3) is 0.542. The topological polar surface area (TPSA) is 47.6 Å². The van der Waals surface area contributed by atoms with E-state index in [4.69, 9.17) is 9.47 Å². The van der Waals surface area contributed by atoms with Crippen molar-refractivity contribution in [3.8, 4) is 11.5 Å². The summed E-state index contributed by atoms with van der Waals surface area (Å²) in [6.45, 7) is 5.29. The van der Waals surface area contributed by atoms with Gasteiger partial charge < -0.3 is 14.8 Å². The predicted molar refractivity (Wildman–Crippen MR) is 116 cm³/mol. The number of ether oxygens (including phenoxy) is 2. The second-order valence-electron chi connectivity index (χ2n) is 7.73. The quantitative estimate of drug-likeness (QED) is 0.341. The Morgan fingerprint density at radius 1 is 1.00 bits per heavy atom. The molecule has 0 aromatic heterocycles. The van der Waals surface area contributed by atoms with Crippen molar-refractivity contribution in [2.75, 3.05) is 13.3 Å². The number of benzene rings is 1. The molecular weight excluding hydrogens is 350 g/mol. The van der Waals surface area contributed by atoms with Crippen LogP contribution in [0, 0.1) is 5.92 Å². The highest BCUT2D eigenvalue weighted by atomic mass is 16.7. The van der Waals surface area contributed by atoms with Gasteiger partial charge in [0.2, 0.25) is 12.7 Å². The molecule has 1 heterocycles. The number of amides is 1. The lowest BCUT2D eigenvalue weighted by Crippen LogP contribution is -2.26. The van der Waals surface area contributed by atoms with Crippen LogP contribution in [0.3, 0.4) is 0 Å². The highest BCUT2D eigenvalue weighted by Crippen LogP contribution is 2.32. The van der Waals surface area contributed by atoms with Gasteiger partial charge in [-0.3, -0.25) is 4.79 Å². The van der Waals surface area contributed by atoms with Crippen molar-refractivity contribution >= 4 is 12.0 Å². The van der Waals surface area contributed by atoms with Crippen LogP contribution in [0.2, 0.25) is 0 Å². The number of carbonyl (C=O) groups excluding carboxylic acids is 1. The van der Waals surface area contributed by atoms with Gasteiger partial charge in [0.15, 0.2) is 11.5 Å². The largest absolute Gasteiger partial charge is 0.454 e. The SMILES string of the molecule is CC(C)CNC(=O)C/C=C/CCCCCCC/C=C/c1ccc2c(c1)OCO2. The first-order chi connectivity index (χ1) is 13.6. The number of unbranched alkanes of at least 4 members (excludes halogenated alkanes) is 6. The van der Waals surface area contributed by atoms with E-state index in [-0.39, 0.29) is 5.91 Å². The van der Waals surface area contributed by atoms with Crippen LogP contribution < -0.4 is 14.8 Å². The Labute approximate surface area is 170 Å². The van der Waals surface area contributed by atoms with Crippen LogP contribution in [0.4, 0.5) is 0 Å². The Balaban J connectivity index is 1.42. The maximum atomic E-state index is 11.6. The van der Waals surface area contributed by atoms with E-state index in [1.165, 1.54) is 32.1 Å². The lowest BCUT2D eigenvalue weighted by molar-refractivity contribution is -0.120. The molecule has 1 aliphatic rings. The van der Waals surface area contributed by atoms with Crippen LogP contribution in [0.1, 0.15) is 70.8 Å². The van der Waals surface area contributed by atoms with Crippen LogP contribution in [0.25, 0.3) is 6.08 Å². The van der Waals surface area contributed by atoms with Crippen molar-refractivity contribution in [2.24, 2.45) is 5.92 Å². The monoisotopic (exact) mass is 385 g/mol. The van der Waals surface area contributed by atoms with E-state index in [2.05, 4.69) is 43.5 Å². The minimum Gasteiger partial charge on any atom is -0.454 e. The standard InChI is InChI=1S/C24H35NO3/c1-20(2)18-25-24(26)14-12-10-8-6-4-3-5-7-9-11-13-21-15-16-22-23(17-21)28-19-27-22/h10-13,15-17,20H,3-9,14,18-19H2,1-2H3,(H,25,26)/b12-10+,13-11+. The number of hydrogen-bond donors (Lipinski definition) is 1. The molecule has 2 rings (SSSR count). The van der Waals surface area contributed by atoms with Crippen molar-refractivity contribution in [3.63, 3.8) is 0 Å². The molecule has 0 bridgehead atoms. The van der Waals surface area contributed by atoms with E-state index in [1.807, 2.05) is 18.2 Å². The van der Waals surface area contributed by atoms with Crippen LogP contribution in [-0.4, -0.2) is 19.2 Å². The number of hydrogen-bond acceptors (Lipinski definition) is 3. The lowest BCUT2D eigenvalue weighted by Gasteiger charge is -2.05. The highest BCUT2D eigenvalue weighted by Gasteiger charge is 2.11. The Morgan fingerprint density at radius 2 is 1.71 bits per heavy atom. The molecule has 0 spiro atoms. The van der Waals surface area contributed by atoms with E-state index in [0.29, 0.717) is 19.1 Å². The van der Waals surface area contributed by atoms with Gasteiger partial charge >= 0.3 is 0 Å². The van der Waals surface area contributed by atoms with Crippen LogP contribution in [0.15, 0.2) is 36.4 Å². The molecule has 154 valence electrons. The first-order valence-electron chi connectivity index (χ1n) is 10.6. The number of carbonyl (C=O) groups is 1. The summed E-state index contributed by atoms with van der Waals surface area (Å²) in [5, 5.41) is 2.93. The number of fused-ring (bicyclic) bond motifs is 1. The average Bonchev–Trinajstić information content (AvgIpc) is 3.15. The normalized spacial score (nSPS) is 13.1. The van der Waals surface area contributed by atoms with Gasteiger partial charge in [-0.2, -0.15) is 0 Å². The van der Waals surface area contributed by atoms with Crippen molar-refractivity contribution in [2.45, 2.75) is 65.2 Å². The van der Waals surface area contributed by atoms with Gasteiger partial charge in [-0.25, -0.2) is 0 Å². The van der Waals surface area contributed by atoms with Gasteiger partial charge in [0.05, 0.1) is 0 Å². The predicted octanol–water partition coefficient (Wildman–Crippen LogP) is 5.88. The molecule has 0 radical (unpaired) electrons. The number of nitrogens with one attached hydrogen (secondary N) is 1. The van der Waals surface area contributed by atoms with Gasteiger partial charge in [-0.15, -0.1) is 0 Å². The molecule has 4 nitrogen and oxygen atoms in total. The number of allylic oxidation sites excluding steroid dienone is 2. The molecule has 0 saturated heterocycles. The lowest BCUT2D eigenvalue weighted by atomic mass is 10.1. The summed E-state index contributed by atoms with van der Waals surface area (Å²) < 4.78 is 10.7. The molecule has 1 amide bonds. The molecule has 1 aromatic carbocycles. The molecule has 1 aliphatic heterocycles. The Bertz CT molecular complexity index is 649. The van der Waals surface area contributed by atoms with E-state index >= 15 is 0 Å². The number of rotatable bonds is 13. The summed E-state index contributed by atoms with van der Waals surface area (Å²) in [4.78, 5) is 11.6. The Hall–Kier alpha value is -2.23. The molecule has 4 heteroatoms. The highest BCUT2D eigenvalue weighted by molar-refractivity contribution is 5.77. The van der Waals surface area contributed by atoms with Crippen molar-refractivity contribution in [3.05, 3.63) is 42.0 Å². The second-order valence-corrected chi connectivity index (χ2v) is 7.73. The molecule has 0 fully saturated rings. The van der Waals surface area contributed by atoms with E-state index in [0.717, 1.165) is 36.4 Å². The molecule has 0 unspecified atom stereocenters. The Morgan fingerprint density at radius 3 is 2.50 bits per heavy atom. The van der Waals surface area contributed by atoms with E-state index in [9.17, 15) is 4.79 Å². The average molecular weight is 386 g/mol. The summed E-state index contributed by atoms with van der Waals surface area (Å²) in [5.74, 6) is 2.31. The van der Waals surface area contributed by atoms with Crippen LogP contribution in [0.5, 0.6) is 11.5 Å². The summed E-state index contributed by atoms with van der Waals surface area (Å²) in [5.41, 5.74) is 1.16. The van der Waals surface area contributed by atoms with Gasteiger partial charge in [0, 0.05) is 13.0 Å². The van der Waals surface area contributed by atoms with Crippen molar-refractivity contribution < 1.29 is 14.3 Å². The molecular formula is C24H35NO3. The summed E-state index contributed by atoms with van der Waals surface area (Å²) >= 11 is 0. The third-order valence-electron chi connectivity index (χ3n) is 4.63. The zero-order valence-electron chi connectivity index (χ0n) is 17.4. The third kappa shape index (κ3) is 9.12. The van der Waals surface area contributed by atoms with Gasteiger partial charge in [0.1, 0.15) is 0 Å². The van der Waals surface area contributed by atoms with Crippen molar-refractivity contribution in [1.82, 2.24) is 5.32 Å². The fourth-order valence-electron chi connectivity index (χ4n) is 2.99. The molecule has 0 saturated carbocycles. The maximum Gasteiger partial charge on any atom is 0.231 e. The van der Waals surface area contributed by atoms with Crippen LogP contribution in [-0.2, 0) is 4.79 Å². The van der Waals surface area contributed by atoms with Gasteiger partial charge in [-0.05, 0) is 49.3 Å². The minimum atomic E-state index is 0.124. The Kier molecular flexibility index (Phi) is 10.3. The molecule has 28 heavy (non-hydrogen) atoms. The molecule has 0 atom stereocenters. The summed E-state index contributed by atoms with van der Waals surface area (Å²) in [6.07, 6.45) is 17.5. The van der Waals surface area contributed by atoms with Gasteiger partial charge in [-0.1, -0.05) is 63.5 Å². The first-order valence-corrected chi connectivity index (χ1v) is 10.6. The van der Waals surface area contributed by atoms with E-state index in [1.54, 1.807) is 0 Å². The smallest absolute Gasteiger partial charge is 0.231 e. The molecule has 1 N–H and O–H groups in total. The van der Waals surface area contributed by atoms with Gasteiger partial charge in [0.25, 0.3) is 0 Å². The summed E-state index contributed by atoms with van der Waals surface area (Å²) in [6, 6.07) is 6.06. The fourth-order valence-corrected chi connectivity index (χ4v) is 2.99. The third-order valence-corrected chi connectivity index (χ3v) is 4.63. The maximum absolute atomic E-state index is 11.6. The summed E-state index contributed by atoms with van der Waals surface area (Å²) in [7, 11) is 0. The zero-order chi connectivity index (χ0) is 20.0. The first kappa shape index (κ1) is 22.1. The van der Waals surface area contributed by atoms with Crippen LogP contribution >= 0.6 is 0 Å². The zero-order valence-corrected chi connectivity index (χ0v) is 17.4. The van der Waals surface area contributed by atoms with E-state index < -0.39 is 0 Å². The second kappa shape index (κ2) is 13.0. The molecule has 0 aliphatic carbocycles. The minimum absolute atomic E-state index is 0.124. The van der Waals surface area contributed by atoms with Crippen molar-refractivity contribution in [1.29, 1.82) is 0 Å². The molecule has 1 aromatic rings.